The molecule has 4 heteroatoms. The Morgan fingerprint density at radius 2 is 2.22 bits per heavy atom. The number of nitrogens with zero attached hydrogens (tertiary/aromatic N) is 1. The highest BCUT2D eigenvalue weighted by Crippen LogP contribution is 2.20. The van der Waals surface area contributed by atoms with Crippen molar-refractivity contribution in [1.29, 1.82) is 0 Å². The van der Waals surface area contributed by atoms with Gasteiger partial charge in [-0.25, -0.2) is 4.39 Å². The number of halogens is 1. The van der Waals surface area contributed by atoms with Gasteiger partial charge in [0.25, 0.3) is 5.91 Å². The predicted octanol–water partition coefficient (Wildman–Crippen LogP) is 1.94. The van der Waals surface area contributed by atoms with Crippen molar-refractivity contribution in [2.75, 3.05) is 13.1 Å². The molecule has 0 saturated carbocycles. The Balaban J connectivity index is 2.19. The monoisotopic (exact) mass is 250 g/mol. The van der Waals surface area contributed by atoms with Crippen molar-refractivity contribution in [1.82, 2.24) is 4.90 Å². The molecule has 0 radical (unpaired) electrons. The molecule has 1 amide bonds. The third-order valence-corrected chi connectivity index (χ3v) is 3.73. The minimum absolute atomic E-state index is 0.0180. The van der Waals surface area contributed by atoms with E-state index < -0.39 is 5.82 Å². The highest BCUT2D eigenvalue weighted by Gasteiger charge is 2.28. The molecule has 1 heterocycles. The number of carbonyl (C=O) groups is 1. The second-order valence-corrected chi connectivity index (χ2v) is 5.12. The van der Waals surface area contributed by atoms with Crippen LogP contribution in [-0.2, 0) is 0 Å². The molecule has 1 aliphatic heterocycles. The number of aryl methyl sites for hydroxylation is 1. The van der Waals surface area contributed by atoms with E-state index in [9.17, 15) is 9.18 Å². The van der Waals surface area contributed by atoms with Gasteiger partial charge in [-0.3, -0.25) is 4.79 Å². The van der Waals surface area contributed by atoms with Crippen LogP contribution in [-0.4, -0.2) is 29.9 Å². The van der Waals surface area contributed by atoms with Gasteiger partial charge >= 0.3 is 0 Å². The van der Waals surface area contributed by atoms with Gasteiger partial charge in [0.1, 0.15) is 5.82 Å². The molecular formula is C14H19FN2O. The first-order chi connectivity index (χ1) is 8.50. The van der Waals surface area contributed by atoms with Gasteiger partial charge in [-0.1, -0.05) is 19.1 Å². The third kappa shape index (κ3) is 2.38. The van der Waals surface area contributed by atoms with Crippen LogP contribution in [0.15, 0.2) is 18.2 Å². The number of nitrogens with two attached hydrogens (primary N) is 1. The van der Waals surface area contributed by atoms with E-state index >= 15 is 0 Å². The normalized spacial score (nSPS) is 24.1. The Labute approximate surface area is 107 Å². The van der Waals surface area contributed by atoms with Gasteiger partial charge in [-0.05, 0) is 30.9 Å². The molecule has 2 unspecified atom stereocenters. The molecule has 98 valence electrons. The minimum Gasteiger partial charge on any atom is -0.337 e. The van der Waals surface area contributed by atoms with Crippen LogP contribution in [0.1, 0.15) is 29.3 Å². The van der Waals surface area contributed by atoms with Crippen LogP contribution in [0.4, 0.5) is 4.39 Å². The molecule has 1 aromatic rings. The summed E-state index contributed by atoms with van der Waals surface area (Å²) in [5.74, 6) is -0.260. The zero-order chi connectivity index (χ0) is 13.3. The molecule has 0 bridgehead atoms. The lowest BCUT2D eigenvalue weighted by Gasteiger charge is -2.35. The standard InChI is InChI=1S/C14H19FN2O/c1-9-6-7-17(8-12(9)16)14(18)11-5-3-4-10(2)13(11)15/h3-5,9,12H,6-8,16H2,1-2H3. The van der Waals surface area contributed by atoms with Crippen molar-refractivity contribution in [3.05, 3.63) is 35.1 Å². The van der Waals surface area contributed by atoms with Crippen LogP contribution >= 0.6 is 0 Å². The topological polar surface area (TPSA) is 46.3 Å². The average molecular weight is 250 g/mol. The van der Waals surface area contributed by atoms with Gasteiger partial charge in [0, 0.05) is 19.1 Å². The van der Waals surface area contributed by atoms with Crippen molar-refractivity contribution < 1.29 is 9.18 Å². The Bertz CT molecular complexity index is 461. The predicted molar refractivity (Wildman–Crippen MR) is 68.8 cm³/mol. The Morgan fingerprint density at radius 1 is 1.50 bits per heavy atom. The summed E-state index contributed by atoms with van der Waals surface area (Å²) < 4.78 is 13.9. The maximum Gasteiger partial charge on any atom is 0.256 e. The molecule has 0 spiro atoms. The van der Waals surface area contributed by atoms with Crippen molar-refractivity contribution >= 4 is 5.91 Å². The zero-order valence-electron chi connectivity index (χ0n) is 10.8. The summed E-state index contributed by atoms with van der Waals surface area (Å²) in [7, 11) is 0. The number of rotatable bonds is 1. The van der Waals surface area contributed by atoms with Crippen LogP contribution in [0.25, 0.3) is 0 Å². The van der Waals surface area contributed by atoms with Gasteiger partial charge in [0.05, 0.1) is 5.56 Å². The summed E-state index contributed by atoms with van der Waals surface area (Å²) in [5, 5.41) is 0. The zero-order valence-corrected chi connectivity index (χ0v) is 10.8. The van der Waals surface area contributed by atoms with Crippen LogP contribution in [0.3, 0.4) is 0 Å². The number of piperidine rings is 1. The first kappa shape index (κ1) is 13.0. The van der Waals surface area contributed by atoms with Crippen LogP contribution in [0, 0.1) is 18.7 Å². The molecule has 0 aromatic heterocycles. The number of carbonyl (C=O) groups excluding carboxylic acids is 1. The molecule has 1 aliphatic rings. The number of hydrogen-bond acceptors (Lipinski definition) is 2. The number of benzene rings is 1. The maximum atomic E-state index is 13.9. The quantitative estimate of drug-likeness (QED) is 0.828. The summed E-state index contributed by atoms with van der Waals surface area (Å²) in [6, 6.07) is 4.89. The lowest BCUT2D eigenvalue weighted by Crippen LogP contribution is -2.49. The molecule has 2 rings (SSSR count). The summed E-state index contributed by atoms with van der Waals surface area (Å²) in [4.78, 5) is 13.9. The molecule has 1 aromatic carbocycles. The van der Waals surface area contributed by atoms with Gasteiger partial charge < -0.3 is 10.6 Å². The molecule has 18 heavy (non-hydrogen) atoms. The van der Waals surface area contributed by atoms with Crippen LogP contribution in [0.5, 0.6) is 0 Å². The van der Waals surface area contributed by atoms with Gasteiger partial charge in [0.15, 0.2) is 0 Å². The lowest BCUT2D eigenvalue weighted by atomic mass is 9.94. The van der Waals surface area contributed by atoms with E-state index in [4.69, 9.17) is 5.73 Å². The van der Waals surface area contributed by atoms with Crippen LogP contribution < -0.4 is 5.73 Å². The molecular weight excluding hydrogens is 231 g/mol. The minimum atomic E-state index is -0.422. The second kappa shape index (κ2) is 5.06. The van der Waals surface area contributed by atoms with E-state index in [1.165, 1.54) is 6.07 Å². The Hall–Kier alpha value is -1.42. The molecule has 0 aliphatic carbocycles. The SMILES string of the molecule is Cc1cccc(C(=O)N2CCC(C)C(N)C2)c1F. The Kier molecular flexibility index (Phi) is 3.66. The van der Waals surface area contributed by atoms with Crippen molar-refractivity contribution in [3.8, 4) is 0 Å². The summed E-state index contributed by atoms with van der Waals surface area (Å²) in [6.45, 7) is 4.91. The average Bonchev–Trinajstić information content (AvgIpc) is 2.35. The van der Waals surface area contributed by atoms with E-state index in [0.29, 0.717) is 24.6 Å². The summed E-state index contributed by atoms with van der Waals surface area (Å²) >= 11 is 0. The number of likely N-dealkylation sites (tertiary alicyclic amines) is 1. The van der Waals surface area contributed by atoms with Gasteiger partial charge in [-0.15, -0.1) is 0 Å². The van der Waals surface area contributed by atoms with Crippen molar-refractivity contribution in [2.45, 2.75) is 26.3 Å². The van der Waals surface area contributed by atoms with Gasteiger partial charge in [0.2, 0.25) is 0 Å². The maximum absolute atomic E-state index is 13.9. The first-order valence-electron chi connectivity index (χ1n) is 6.30. The van der Waals surface area contributed by atoms with Crippen molar-refractivity contribution in [3.63, 3.8) is 0 Å². The molecule has 2 N–H and O–H groups in total. The smallest absolute Gasteiger partial charge is 0.256 e. The molecule has 3 nitrogen and oxygen atoms in total. The van der Waals surface area contributed by atoms with E-state index in [1.54, 1.807) is 24.0 Å². The molecule has 1 fully saturated rings. The van der Waals surface area contributed by atoms with E-state index in [2.05, 4.69) is 6.92 Å². The summed E-state index contributed by atoms with van der Waals surface area (Å²) in [5.41, 5.74) is 6.61. The fraction of sp³-hybridized carbons (Fsp3) is 0.500. The lowest BCUT2D eigenvalue weighted by molar-refractivity contribution is 0.0667. The fourth-order valence-electron chi connectivity index (χ4n) is 2.27. The van der Waals surface area contributed by atoms with Crippen molar-refractivity contribution in [2.24, 2.45) is 11.7 Å². The van der Waals surface area contributed by atoms with E-state index in [1.807, 2.05) is 0 Å². The van der Waals surface area contributed by atoms with E-state index in [0.717, 1.165) is 6.42 Å². The molecule has 1 saturated heterocycles. The largest absolute Gasteiger partial charge is 0.337 e. The second-order valence-electron chi connectivity index (χ2n) is 5.12. The first-order valence-corrected chi connectivity index (χ1v) is 6.30. The fourth-order valence-corrected chi connectivity index (χ4v) is 2.27. The highest BCUT2D eigenvalue weighted by molar-refractivity contribution is 5.94. The third-order valence-electron chi connectivity index (χ3n) is 3.73. The van der Waals surface area contributed by atoms with Crippen LogP contribution in [0.2, 0.25) is 0 Å². The summed E-state index contributed by atoms with van der Waals surface area (Å²) in [6.07, 6.45) is 0.875. The van der Waals surface area contributed by atoms with Gasteiger partial charge in [-0.2, -0.15) is 0 Å². The highest BCUT2D eigenvalue weighted by atomic mass is 19.1. The van der Waals surface area contributed by atoms with E-state index in [-0.39, 0.29) is 17.5 Å². The molecule has 2 atom stereocenters. The Morgan fingerprint density at radius 3 is 2.89 bits per heavy atom. The number of amides is 1. The number of hydrogen-bond donors (Lipinski definition) is 1.